The van der Waals surface area contributed by atoms with E-state index in [2.05, 4.69) is 35.1 Å². The summed E-state index contributed by atoms with van der Waals surface area (Å²) in [6.07, 6.45) is 0.489. The lowest BCUT2D eigenvalue weighted by Gasteiger charge is -2.28. The third-order valence-corrected chi connectivity index (χ3v) is 5.25. The summed E-state index contributed by atoms with van der Waals surface area (Å²) >= 11 is 3.55. The number of carboxylic acids is 1. The summed E-state index contributed by atoms with van der Waals surface area (Å²) in [4.78, 5) is 25.2. The maximum absolute atomic E-state index is 12.3. The van der Waals surface area contributed by atoms with Gasteiger partial charge in [0.15, 0.2) is 0 Å². The highest BCUT2D eigenvalue weighted by molar-refractivity contribution is 9.10. The Morgan fingerprint density at radius 2 is 2.04 bits per heavy atom. The zero-order chi connectivity index (χ0) is 17.3. The van der Waals surface area contributed by atoms with Crippen LogP contribution in [0.25, 0.3) is 0 Å². The molecule has 1 fully saturated rings. The second-order valence-corrected chi connectivity index (χ2v) is 7.91. The van der Waals surface area contributed by atoms with Crippen LogP contribution in [0.1, 0.15) is 32.8 Å². The minimum Gasteiger partial charge on any atom is -0.481 e. The Labute approximate surface area is 145 Å². The van der Waals surface area contributed by atoms with Crippen LogP contribution in [0.3, 0.4) is 0 Å². The normalized spacial score (nSPS) is 21.3. The van der Waals surface area contributed by atoms with Crippen LogP contribution < -0.4 is 5.32 Å². The molecule has 0 aliphatic carbocycles. The van der Waals surface area contributed by atoms with Crippen LogP contribution in [0.15, 0.2) is 28.7 Å². The monoisotopic (exact) mass is 382 g/mol. The number of aliphatic carboxylic acids is 1. The molecule has 1 heterocycles. The number of nitrogens with one attached hydrogen (secondary N) is 1. The van der Waals surface area contributed by atoms with Crippen LogP contribution in [0.4, 0.5) is 4.79 Å². The molecule has 0 aromatic heterocycles. The van der Waals surface area contributed by atoms with E-state index in [0.29, 0.717) is 19.5 Å². The SMILES string of the molecule is CC1(C(=O)O)CCN(C(=O)NCC(C)(C)c2ccccc2Br)C1. The predicted octanol–water partition coefficient (Wildman–Crippen LogP) is 3.23. The van der Waals surface area contributed by atoms with Gasteiger partial charge in [0.1, 0.15) is 0 Å². The number of hydrogen-bond acceptors (Lipinski definition) is 2. The number of amides is 2. The van der Waals surface area contributed by atoms with Crippen molar-refractivity contribution >= 4 is 27.9 Å². The Balaban J connectivity index is 1.97. The van der Waals surface area contributed by atoms with Gasteiger partial charge in [-0.1, -0.05) is 48.0 Å². The summed E-state index contributed by atoms with van der Waals surface area (Å²) < 4.78 is 1.01. The second kappa shape index (κ2) is 6.51. The largest absolute Gasteiger partial charge is 0.481 e. The van der Waals surface area contributed by atoms with Crippen molar-refractivity contribution in [3.63, 3.8) is 0 Å². The van der Waals surface area contributed by atoms with Crippen LogP contribution in [0.5, 0.6) is 0 Å². The van der Waals surface area contributed by atoms with E-state index in [-0.39, 0.29) is 18.0 Å². The minimum atomic E-state index is -0.846. The molecule has 1 unspecified atom stereocenters. The fourth-order valence-electron chi connectivity index (χ4n) is 2.82. The van der Waals surface area contributed by atoms with E-state index in [1.165, 1.54) is 0 Å². The van der Waals surface area contributed by atoms with Gasteiger partial charge in [-0.2, -0.15) is 0 Å². The first-order valence-corrected chi connectivity index (χ1v) is 8.46. The molecule has 2 N–H and O–H groups in total. The lowest BCUT2D eigenvalue weighted by molar-refractivity contribution is -0.147. The van der Waals surface area contributed by atoms with Gasteiger partial charge >= 0.3 is 12.0 Å². The number of carbonyl (C=O) groups excluding carboxylic acids is 1. The van der Waals surface area contributed by atoms with Crippen molar-refractivity contribution in [3.05, 3.63) is 34.3 Å². The standard InChI is InChI=1S/C17H23BrN2O3/c1-16(2,12-6-4-5-7-13(12)18)10-19-15(23)20-9-8-17(3,11-20)14(21)22/h4-7H,8-11H2,1-3H3,(H,19,23)(H,21,22). The van der Waals surface area contributed by atoms with Gasteiger partial charge in [-0.15, -0.1) is 0 Å². The first-order chi connectivity index (χ1) is 10.7. The molecule has 1 atom stereocenters. The van der Waals surface area contributed by atoms with Gasteiger partial charge in [0.25, 0.3) is 0 Å². The number of carbonyl (C=O) groups is 2. The van der Waals surface area contributed by atoms with E-state index in [9.17, 15) is 14.7 Å². The molecule has 2 rings (SSSR count). The van der Waals surface area contributed by atoms with Crippen molar-refractivity contribution in [1.29, 1.82) is 0 Å². The molecule has 1 aliphatic heterocycles. The number of nitrogens with zero attached hydrogens (tertiary/aromatic N) is 1. The number of halogens is 1. The van der Waals surface area contributed by atoms with Crippen LogP contribution in [-0.4, -0.2) is 41.6 Å². The number of rotatable bonds is 4. The molecule has 6 heteroatoms. The maximum Gasteiger partial charge on any atom is 0.317 e. The number of urea groups is 1. The quantitative estimate of drug-likeness (QED) is 0.839. The third kappa shape index (κ3) is 3.86. The first kappa shape index (κ1) is 17.8. The van der Waals surface area contributed by atoms with Gasteiger partial charge in [-0.25, -0.2) is 4.79 Å². The summed E-state index contributed by atoms with van der Waals surface area (Å²) in [7, 11) is 0. The summed E-state index contributed by atoms with van der Waals surface area (Å²) in [5, 5.41) is 12.2. The molecular weight excluding hydrogens is 360 g/mol. The fourth-order valence-corrected chi connectivity index (χ4v) is 3.64. The van der Waals surface area contributed by atoms with Crippen LogP contribution >= 0.6 is 15.9 Å². The highest BCUT2D eigenvalue weighted by Crippen LogP contribution is 2.31. The van der Waals surface area contributed by atoms with Gasteiger partial charge in [-0.3, -0.25) is 4.79 Å². The minimum absolute atomic E-state index is 0.199. The topological polar surface area (TPSA) is 69.6 Å². The molecule has 0 bridgehead atoms. The van der Waals surface area contributed by atoms with Crippen molar-refractivity contribution in [2.75, 3.05) is 19.6 Å². The molecule has 0 spiro atoms. The lowest BCUT2D eigenvalue weighted by Crippen LogP contribution is -2.45. The van der Waals surface area contributed by atoms with E-state index in [1.807, 2.05) is 24.3 Å². The molecule has 2 amide bonds. The number of hydrogen-bond donors (Lipinski definition) is 2. The molecule has 1 aromatic rings. The van der Waals surface area contributed by atoms with E-state index < -0.39 is 11.4 Å². The zero-order valence-electron chi connectivity index (χ0n) is 13.7. The summed E-state index contributed by atoms with van der Waals surface area (Å²) in [5.74, 6) is -0.846. The average molecular weight is 383 g/mol. The predicted molar refractivity (Wildman–Crippen MR) is 92.5 cm³/mol. The van der Waals surface area contributed by atoms with Gasteiger partial charge in [-0.05, 0) is 25.0 Å². The number of carboxylic acid groups (broad SMARTS) is 1. The number of likely N-dealkylation sites (tertiary alicyclic amines) is 1. The smallest absolute Gasteiger partial charge is 0.317 e. The van der Waals surface area contributed by atoms with Crippen molar-refractivity contribution in [1.82, 2.24) is 10.2 Å². The molecule has 0 saturated carbocycles. The van der Waals surface area contributed by atoms with Crippen molar-refractivity contribution in [2.45, 2.75) is 32.6 Å². The maximum atomic E-state index is 12.3. The van der Waals surface area contributed by atoms with Gasteiger partial charge in [0.2, 0.25) is 0 Å². The fraction of sp³-hybridized carbons (Fsp3) is 0.529. The van der Waals surface area contributed by atoms with Crippen LogP contribution in [0.2, 0.25) is 0 Å². The molecule has 1 aliphatic rings. The Hall–Kier alpha value is -1.56. The van der Waals surface area contributed by atoms with Crippen molar-refractivity contribution in [3.8, 4) is 0 Å². The summed E-state index contributed by atoms with van der Waals surface area (Å²) in [6, 6.07) is 7.75. The van der Waals surface area contributed by atoms with E-state index in [1.54, 1.807) is 11.8 Å². The Morgan fingerprint density at radius 3 is 2.61 bits per heavy atom. The lowest BCUT2D eigenvalue weighted by atomic mass is 9.84. The molecule has 0 radical (unpaired) electrons. The Bertz CT molecular complexity index is 618. The van der Waals surface area contributed by atoms with E-state index in [0.717, 1.165) is 10.0 Å². The van der Waals surface area contributed by atoms with Gasteiger partial charge in [0, 0.05) is 29.5 Å². The molecule has 5 nitrogen and oxygen atoms in total. The van der Waals surface area contributed by atoms with Crippen molar-refractivity contribution in [2.24, 2.45) is 5.41 Å². The highest BCUT2D eigenvalue weighted by Gasteiger charge is 2.42. The molecule has 126 valence electrons. The van der Waals surface area contributed by atoms with Crippen LogP contribution in [-0.2, 0) is 10.2 Å². The molecule has 1 saturated heterocycles. The van der Waals surface area contributed by atoms with Gasteiger partial charge in [0.05, 0.1) is 5.41 Å². The number of benzene rings is 1. The van der Waals surface area contributed by atoms with Gasteiger partial charge < -0.3 is 15.3 Å². The first-order valence-electron chi connectivity index (χ1n) is 7.67. The molecular formula is C17H23BrN2O3. The highest BCUT2D eigenvalue weighted by atomic mass is 79.9. The molecule has 1 aromatic carbocycles. The van der Waals surface area contributed by atoms with Crippen LogP contribution in [0, 0.1) is 5.41 Å². The average Bonchev–Trinajstić information content (AvgIpc) is 2.89. The van der Waals surface area contributed by atoms with Crippen molar-refractivity contribution < 1.29 is 14.7 Å². The molecule has 23 heavy (non-hydrogen) atoms. The third-order valence-electron chi connectivity index (χ3n) is 4.56. The Morgan fingerprint density at radius 1 is 1.39 bits per heavy atom. The zero-order valence-corrected chi connectivity index (χ0v) is 15.3. The van der Waals surface area contributed by atoms with E-state index in [4.69, 9.17) is 0 Å². The summed E-state index contributed by atoms with van der Waals surface area (Å²) in [5.41, 5.74) is 0.0538. The summed E-state index contributed by atoms with van der Waals surface area (Å²) in [6.45, 7) is 7.04. The Kier molecular flexibility index (Phi) is 5.04. The van der Waals surface area contributed by atoms with E-state index >= 15 is 0 Å². The second-order valence-electron chi connectivity index (χ2n) is 7.06.